The summed E-state index contributed by atoms with van der Waals surface area (Å²) in [6.07, 6.45) is 6.34. The van der Waals surface area contributed by atoms with Crippen molar-refractivity contribution in [2.75, 3.05) is 16.8 Å². The second-order valence-electron chi connectivity index (χ2n) is 7.27. The lowest BCUT2D eigenvalue weighted by Gasteiger charge is -2.46. The van der Waals surface area contributed by atoms with Crippen LogP contribution in [0.15, 0.2) is 12.1 Å². The van der Waals surface area contributed by atoms with Gasteiger partial charge in [0.05, 0.1) is 16.9 Å². The molecule has 0 bridgehead atoms. The Morgan fingerprint density at radius 2 is 1.96 bits per heavy atom. The number of nitrogens with zero attached hydrogens (tertiary/aromatic N) is 1. The van der Waals surface area contributed by atoms with E-state index >= 15 is 0 Å². The zero-order chi connectivity index (χ0) is 16.6. The molecule has 0 amide bonds. The highest BCUT2D eigenvalue weighted by molar-refractivity contribution is 5.84. The number of aryl methyl sites for hydroxylation is 2. The SMILES string of the molecule is CCC(C(=O)O)N1CC(C)(CC)Nc2cc3c(cc21)CCCC3. The fraction of sp³-hybridized carbons (Fsp3) is 0.632. The lowest BCUT2D eigenvalue weighted by atomic mass is 9.87. The highest BCUT2D eigenvalue weighted by Crippen LogP contribution is 2.41. The number of nitrogens with one attached hydrogen (secondary N) is 1. The van der Waals surface area contributed by atoms with E-state index in [0.29, 0.717) is 6.42 Å². The Kier molecular flexibility index (Phi) is 4.26. The molecule has 2 N–H and O–H groups in total. The zero-order valence-corrected chi connectivity index (χ0v) is 14.5. The molecule has 1 aliphatic carbocycles. The summed E-state index contributed by atoms with van der Waals surface area (Å²) >= 11 is 0. The predicted molar refractivity (Wildman–Crippen MR) is 94.5 cm³/mol. The van der Waals surface area contributed by atoms with Crippen LogP contribution in [-0.2, 0) is 17.6 Å². The molecule has 0 fully saturated rings. The molecule has 4 nitrogen and oxygen atoms in total. The third kappa shape index (κ3) is 2.91. The summed E-state index contributed by atoms with van der Waals surface area (Å²) in [6, 6.07) is 4.07. The van der Waals surface area contributed by atoms with Gasteiger partial charge in [-0.15, -0.1) is 0 Å². The van der Waals surface area contributed by atoms with Gasteiger partial charge in [-0.1, -0.05) is 13.8 Å². The van der Waals surface area contributed by atoms with E-state index < -0.39 is 12.0 Å². The first-order valence-electron chi connectivity index (χ1n) is 8.91. The molecule has 3 rings (SSSR count). The molecule has 1 aromatic carbocycles. The quantitative estimate of drug-likeness (QED) is 0.886. The van der Waals surface area contributed by atoms with E-state index in [2.05, 4.69) is 36.2 Å². The van der Waals surface area contributed by atoms with Crippen LogP contribution in [0.1, 0.15) is 57.6 Å². The molecule has 0 saturated heterocycles. The van der Waals surface area contributed by atoms with Gasteiger partial charge in [-0.25, -0.2) is 4.79 Å². The number of aliphatic carboxylic acids is 1. The van der Waals surface area contributed by atoms with Gasteiger partial charge < -0.3 is 15.3 Å². The summed E-state index contributed by atoms with van der Waals surface area (Å²) in [5.74, 6) is -0.725. The summed E-state index contributed by atoms with van der Waals surface area (Å²) in [5, 5.41) is 13.4. The van der Waals surface area contributed by atoms with E-state index in [9.17, 15) is 9.90 Å². The van der Waals surface area contributed by atoms with Crippen LogP contribution in [-0.4, -0.2) is 29.2 Å². The fourth-order valence-corrected chi connectivity index (χ4v) is 3.94. The molecule has 2 atom stereocenters. The van der Waals surface area contributed by atoms with Crippen LogP contribution in [0.2, 0.25) is 0 Å². The average Bonchev–Trinajstić information content (AvgIpc) is 2.53. The van der Waals surface area contributed by atoms with Gasteiger partial charge >= 0.3 is 5.97 Å². The topological polar surface area (TPSA) is 52.6 Å². The maximum atomic E-state index is 11.8. The van der Waals surface area contributed by atoms with Gasteiger partial charge in [0.1, 0.15) is 6.04 Å². The first kappa shape index (κ1) is 16.2. The standard InChI is InChI=1S/C19H28N2O2/c1-4-16(18(22)23)21-12-19(3,5-2)20-15-10-13-8-6-7-9-14(13)11-17(15)21/h10-11,16,20H,4-9,12H2,1-3H3,(H,22,23). The summed E-state index contributed by atoms with van der Waals surface area (Å²) in [4.78, 5) is 13.9. The molecule has 1 aromatic rings. The minimum atomic E-state index is -0.725. The molecule has 0 radical (unpaired) electrons. The smallest absolute Gasteiger partial charge is 0.326 e. The highest BCUT2D eigenvalue weighted by Gasteiger charge is 2.37. The number of carbonyl (C=O) groups is 1. The number of fused-ring (bicyclic) bond motifs is 2. The van der Waals surface area contributed by atoms with Crippen molar-refractivity contribution in [2.45, 2.75) is 70.9 Å². The number of rotatable bonds is 4. The summed E-state index contributed by atoms with van der Waals surface area (Å²) in [5.41, 5.74) is 4.94. The lowest BCUT2D eigenvalue weighted by molar-refractivity contribution is -0.138. The van der Waals surface area contributed by atoms with Crippen molar-refractivity contribution in [1.29, 1.82) is 0 Å². The lowest BCUT2D eigenvalue weighted by Crippen LogP contribution is -2.55. The number of benzene rings is 1. The van der Waals surface area contributed by atoms with Gasteiger partial charge in [-0.05, 0) is 68.7 Å². The van der Waals surface area contributed by atoms with Crippen LogP contribution in [0.4, 0.5) is 11.4 Å². The maximum absolute atomic E-state index is 11.8. The Bertz CT molecular complexity index is 614. The monoisotopic (exact) mass is 316 g/mol. The average molecular weight is 316 g/mol. The molecular weight excluding hydrogens is 288 g/mol. The molecule has 2 unspecified atom stereocenters. The molecule has 1 aliphatic heterocycles. The van der Waals surface area contributed by atoms with Crippen molar-refractivity contribution in [2.24, 2.45) is 0 Å². The van der Waals surface area contributed by atoms with E-state index in [-0.39, 0.29) is 5.54 Å². The van der Waals surface area contributed by atoms with Gasteiger partial charge in [-0.3, -0.25) is 0 Å². The van der Waals surface area contributed by atoms with Crippen LogP contribution in [0.25, 0.3) is 0 Å². The Hall–Kier alpha value is -1.71. The fourth-order valence-electron chi connectivity index (χ4n) is 3.94. The number of carboxylic acids is 1. The summed E-state index contributed by atoms with van der Waals surface area (Å²) < 4.78 is 0. The number of anilines is 2. The molecule has 0 saturated carbocycles. The molecule has 2 aliphatic rings. The van der Waals surface area contributed by atoms with Gasteiger partial charge in [0.2, 0.25) is 0 Å². The van der Waals surface area contributed by atoms with Crippen LogP contribution < -0.4 is 10.2 Å². The van der Waals surface area contributed by atoms with E-state index in [0.717, 1.165) is 37.2 Å². The van der Waals surface area contributed by atoms with Crippen molar-refractivity contribution >= 4 is 17.3 Å². The largest absolute Gasteiger partial charge is 0.480 e. The van der Waals surface area contributed by atoms with Gasteiger partial charge in [0, 0.05) is 6.54 Å². The van der Waals surface area contributed by atoms with Crippen LogP contribution in [0, 0.1) is 0 Å². The second-order valence-corrected chi connectivity index (χ2v) is 7.27. The first-order chi connectivity index (χ1) is 11.0. The van der Waals surface area contributed by atoms with E-state index in [1.807, 2.05) is 6.92 Å². The van der Waals surface area contributed by atoms with E-state index in [1.165, 1.54) is 24.0 Å². The van der Waals surface area contributed by atoms with Crippen molar-refractivity contribution in [1.82, 2.24) is 0 Å². The molecular formula is C19H28N2O2. The summed E-state index contributed by atoms with van der Waals surface area (Å²) in [6.45, 7) is 7.05. The van der Waals surface area contributed by atoms with Crippen LogP contribution in [0.5, 0.6) is 0 Å². The summed E-state index contributed by atoms with van der Waals surface area (Å²) in [7, 11) is 0. The van der Waals surface area contributed by atoms with Crippen LogP contribution in [0.3, 0.4) is 0 Å². The third-order valence-electron chi connectivity index (χ3n) is 5.55. The van der Waals surface area contributed by atoms with E-state index in [4.69, 9.17) is 0 Å². The molecule has 1 heterocycles. The highest BCUT2D eigenvalue weighted by atomic mass is 16.4. The normalized spacial score (nSPS) is 24.4. The number of hydrogen-bond donors (Lipinski definition) is 2. The molecule has 0 aromatic heterocycles. The van der Waals surface area contributed by atoms with E-state index in [1.54, 1.807) is 0 Å². The van der Waals surface area contributed by atoms with Gasteiger partial charge in [-0.2, -0.15) is 0 Å². The zero-order valence-electron chi connectivity index (χ0n) is 14.5. The van der Waals surface area contributed by atoms with Gasteiger partial charge in [0.25, 0.3) is 0 Å². The Balaban J connectivity index is 2.09. The van der Waals surface area contributed by atoms with Crippen molar-refractivity contribution in [3.63, 3.8) is 0 Å². The minimum absolute atomic E-state index is 0.0846. The molecule has 126 valence electrons. The van der Waals surface area contributed by atoms with Crippen LogP contribution >= 0.6 is 0 Å². The third-order valence-corrected chi connectivity index (χ3v) is 5.55. The van der Waals surface area contributed by atoms with Gasteiger partial charge in [0.15, 0.2) is 0 Å². The second kappa shape index (κ2) is 6.06. The Morgan fingerprint density at radius 3 is 2.52 bits per heavy atom. The van der Waals surface area contributed by atoms with Crippen molar-refractivity contribution in [3.8, 4) is 0 Å². The van der Waals surface area contributed by atoms with Crippen molar-refractivity contribution < 1.29 is 9.90 Å². The number of hydrogen-bond acceptors (Lipinski definition) is 3. The molecule has 4 heteroatoms. The predicted octanol–water partition coefficient (Wildman–Crippen LogP) is 3.83. The maximum Gasteiger partial charge on any atom is 0.326 e. The number of carboxylic acid groups (broad SMARTS) is 1. The minimum Gasteiger partial charge on any atom is -0.480 e. The first-order valence-corrected chi connectivity index (χ1v) is 8.91. The Morgan fingerprint density at radius 1 is 1.30 bits per heavy atom. The Labute approximate surface area is 138 Å². The van der Waals surface area contributed by atoms with Crippen molar-refractivity contribution in [3.05, 3.63) is 23.3 Å². The molecule has 0 spiro atoms. The molecule has 23 heavy (non-hydrogen) atoms.